The van der Waals surface area contributed by atoms with E-state index in [-0.39, 0.29) is 5.96 Å². The first-order valence-electron chi connectivity index (χ1n) is 7.07. The van der Waals surface area contributed by atoms with Gasteiger partial charge in [-0.1, -0.05) is 68.3 Å². The predicted molar refractivity (Wildman–Crippen MR) is 110 cm³/mol. The van der Waals surface area contributed by atoms with E-state index in [1.165, 1.54) is 0 Å². The van der Waals surface area contributed by atoms with Gasteiger partial charge in [0, 0.05) is 8.95 Å². The molecule has 2 aromatic rings. The topological polar surface area (TPSA) is 76.8 Å². The normalized spacial score (nSPS) is 10.9. The Hall–Kier alpha value is -2.18. The molecule has 122 valence electrons. The van der Waals surface area contributed by atoms with Gasteiger partial charge in [-0.3, -0.25) is 0 Å². The second-order valence-corrected chi connectivity index (χ2v) is 6.65. The second-order valence-electron chi connectivity index (χ2n) is 4.82. The number of halogens is 2. The molecule has 0 aromatic heterocycles. The molecule has 0 radical (unpaired) electrons. The molecule has 4 N–H and O–H groups in total. The van der Waals surface area contributed by atoms with Crippen molar-refractivity contribution < 1.29 is 0 Å². The van der Waals surface area contributed by atoms with Crippen molar-refractivity contribution >= 4 is 55.7 Å². The summed E-state index contributed by atoms with van der Waals surface area (Å²) in [6, 6.07) is 15.9. The molecule has 0 heterocycles. The summed E-state index contributed by atoms with van der Waals surface area (Å²) in [5, 5.41) is 7.77. The fourth-order valence-electron chi connectivity index (χ4n) is 1.75. The van der Waals surface area contributed by atoms with Gasteiger partial charge in [0.25, 0.3) is 0 Å². The lowest BCUT2D eigenvalue weighted by Crippen LogP contribution is -2.22. The SMILES string of the molecule is NC(N)=NN=C(C=Cc1ccc(Br)cc1)C=Cc1ccc(Br)cc1. The van der Waals surface area contributed by atoms with Gasteiger partial charge >= 0.3 is 0 Å². The predicted octanol–water partition coefficient (Wildman–Crippen LogP) is 4.57. The van der Waals surface area contributed by atoms with Crippen molar-refractivity contribution in [3.8, 4) is 0 Å². The van der Waals surface area contributed by atoms with Crippen LogP contribution in [0.2, 0.25) is 0 Å². The maximum Gasteiger partial charge on any atom is 0.211 e. The quantitative estimate of drug-likeness (QED) is 0.400. The molecule has 24 heavy (non-hydrogen) atoms. The number of rotatable bonds is 5. The van der Waals surface area contributed by atoms with Crippen LogP contribution >= 0.6 is 31.9 Å². The molecule has 0 amide bonds. The first kappa shape index (κ1) is 18.2. The van der Waals surface area contributed by atoms with Gasteiger partial charge in [0.1, 0.15) is 0 Å². The molecular formula is C18H16Br2N4. The van der Waals surface area contributed by atoms with Crippen LogP contribution in [-0.2, 0) is 0 Å². The van der Waals surface area contributed by atoms with Crippen LogP contribution in [0.3, 0.4) is 0 Å². The van der Waals surface area contributed by atoms with Crippen molar-refractivity contribution in [2.75, 3.05) is 0 Å². The van der Waals surface area contributed by atoms with E-state index in [0.717, 1.165) is 20.1 Å². The van der Waals surface area contributed by atoms with Crippen LogP contribution in [0.4, 0.5) is 0 Å². The third kappa shape index (κ3) is 6.52. The van der Waals surface area contributed by atoms with E-state index in [1.54, 1.807) is 0 Å². The molecule has 0 atom stereocenters. The molecule has 0 aliphatic carbocycles. The number of allylic oxidation sites excluding steroid dienone is 2. The highest BCUT2D eigenvalue weighted by Gasteiger charge is 1.93. The molecule has 0 unspecified atom stereocenters. The Kier molecular flexibility index (Phi) is 6.96. The summed E-state index contributed by atoms with van der Waals surface area (Å²) in [6.45, 7) is 0. The number of benzene rings is 2. The van der Waals surface area contributed by atoms with E-state index in [2.05, 4.69) is 42.1 Å². The van der Waals surface area contributed by atoms with Crippen molar-refractivity contribution in [2.45, 2.75) is 0 Å². The molecule has 2 aromatic carbocycles. The average molecular weight is 448 g/mol. The van der Waals surface area contributed by atoms with E-state index in [4.69, 9.17) is 11.5 Å². The van der Waals surface area contributed by atoms with E-state index in [0.29, 0.717) is 5.71 Å². The molecule has 0 saturated carbocycles. The first-order valence-corrected chi connectivity index (χ1v) is 8.65. The number of hydrogen-bond acceptors (Lipinski definition) is 2. The first-order chi connectivity index (χ1) is 11.5. The van der Waals surface area contributed by atoms with E-state index in [9.17, 15) is 0 Å². The molecule has 6 heteroatoms. The van der Waals surface area contributed by atoms with Gasteiger partial charge in [-0.15, -0.1) is 10.2 Å². The van der Waals surface area contributed by atoms with Gasteiger partial charge in [0.2, 0.25) is 5.96 Å². The molecule has 0 bridgehead atoms. The Bertz CT molecular complexity index is 727. The van der Waals surface area contributed by atoms with Gasteiger partial charge in [0.05, 0.1) is 5.71 Å². The van der Waals surface area contributed by atoms with Crippen LogP contribution in [0.25, 0.3) is 12.2 Å². The Balaban J connectivity index is 2.21. The summed E-state index contributed by atoms with van der Waals surface area (Å²) in [5.74, 6) is -0.0819. The van der Waals surface area contributed by atoms with Gasteiger partial charge in [-0.2, -0.15) is 0 Å². The highest BCUT2D eigenvalue weighted by Crippen LogP contribution is 2.13. The number of hydrogen-bond donors (Lipinski definition) is 2. The summed E-state index contributed by atoms with van der Waals surface area (Å²) >= 11 is 6.83. The largest absolute Gasteiger partial charge is 0.369 e. The molecule has 0 saturated heterocycles. The average Bonchev–Trinajstić information content (AvgIpc) is 2.57. The third-order valence-electron chi connectivity index (χ3n) is 2.91. The second kappa shape index (κ2) is 9.20. The van der Waals surface area contributed by atoms with Gasteiger partial charge in [-0.25, -0.2) is 0 Å². The van der Waals surface area contributed by atoms with Crippen molar-refractivity contribution in [3.63, 3.8) is 0 Å². The summed E-state index contributed by atoms with van der Waals surface area (Å²) in [7, 11) is 0. The maximum atomic E-state index is 5.35. The minimum absolute atomic E-state index is 0.0819. The molecule has 0 spiro atoms. The zero-order valence-electron chi connectivity index (χ0n) is 12.7. The lowest BCUT2D eigenvalue weighted by Gasteiger charge is -1.96. The molecule has 0 fully saturated rings. The van der Waals surface area contributed by atoms with Gasteiger partial charge in [0.15, 0.2) is 0 Å². The van der Waals surface area contributed by atoms with Crippen molar-refractivity contribution in [1.82, 2.24) is 0 Å². The highest BCUT2D eigenvalue weighted by atomic mass is 79.9. The smallest absolute Gasteiger partial charge is 0.211 e. The van der Waals surface area contributed by atoms with Crippen LogP contribution in [0, 0.1) is 0 Å². The van der Waals surface area contributed by atoms with Crippen molar-refractivity contribution in [3.05, 3.63) is 80.8 Å². The Morgan fingerprint density at radius 2 is 1.12 bits per heavy atom. The summed E-state index contributed by atoms with van der Waals surface area (Å²) in [4.78, 5) is 0. The molecular weight excluding hydrogens is 432 g/mol. The standard InChI is InChI=1S/C18H16Br2N4/c19-15-7-1-13(2-8-15)5-11-17(23-24-18(21)22)12-6-14-3-9-16(20)10-4-14/h1-12H,(H4,21,22,24). The molecule has 2 rings (SSSR count). The minimum Gasteiger partial charge on any atom is -0.369 e. The van der Waals surface area contributed by atoms with Crippen LogP contribution in [0.5, 0.6) is 0 Å². The lowest BCUT2D eigenvalue weighted by molar-refractivity contribution is 1.21. The van der Waals surface area contributed by atoms with Crippen LogP contribution in [-0.4, -0.2) is 11.7 Å². The van der Waals surface area contributed by atoms with Gasteiger partial charge in [-0.05, 0) is 47.5 Å². The third-order valence-corrected chi connectivity index (χ3v) is 3.97. The summed E-state index contributed by atoms with van der Waals surface area (Å²) < 4.78 is 2.06. The molecule has 0 aliphatic rings. The Morgan fingerprint density at radius 3 is 1.50 bits per heavy atom. The summed E-state index contributed by atoms with van der Waals surface area (Å²) in [5.41, 5.74) is 13.4. The summed E-state index contributed by atoms with van der Waals surface area (Å²) in [6.07, 6.45) is 7.59. The van der Waals surface area contributed by atoms with Crippen molar-refractivity contribution in [1.29, 1.82) is 0 Å². The van der Waals surface area contributed by atoms with Crippen LogP contribution in [0.15, 0.2) is 79.8 Å². The number of nitrogens with zero attached hydrogens (tertiary/aromatic N) is 2. The lowest BCUT2D eigenvalue weighted by atomic mass is 10.1. The zero-order chi connectivity index (χ0) is 17.4. The Morgan fingerprint density at radius 1 is 0.708 bits per heavy atom. The highest BCUT2D eigenvalue weighted by molar-refractivity contribution is 9.10. The fraction of sp³-hybridized carbons (Fsp3) is 0. The molecule has 0 aliphatic heterocycles. The zero-order valence-corrected chi connectivity index (χ0v) is 15.9. The van der Waals surface area contributed by atoms with E-state index < -0.39 is 0 Å². The maximum absolute atomic E-state index is 5.35. The Labute approximate surface area is 157 Å². The van der Waals surface area contributed by atoms with Crippen molar-refractivity contribution in [2.24, 2.45) is 21.7 Å². The van der Waals surface area contributed by atoms with Crippen LogP contribution < -0.4 is 11.5 Å². The van der Waals surface area contributed by atoms with Crippen LogP contribution in [0.1, 0.15) is 11.1 Å². The fourth-order valence-corrected chi connectivity index (χ4v) is 2.28. The van der Waals surface area contributed by atoms with E-state index in [1.807, 2.05) is 72.8 Å². The van der Waals surface area contributed by atoms with Gasteiger partial charge < -0.3 is 11.5 Å². The van der Waals surface area contributed by atoms with E-state index >= 15 is 0 Å². The number of guanidine groups is 1. The molecule has 4 nitrogen and oxygen atoms in total. The minimum atomic E-state index is -0.0819. The monoisotopic (exact) mass is 446 g/mol. The number of nitrogens with two attached hydrogens (primary N) is 2.